The molecule has 0 heterocycles. The summed E-state index contributed by atoms with van der Waals surface area (Å²) in [7, 11) is 0. The molecule has 1 atom stereocenters. The molecule has 1 rings (SSSR count). The van der Waals surface area contributed by atoms with Gasteiger partial charge in [0.2, 0.25) is 0 Å². The summed E-state index contributed by atoms with van der Waals surface area (Å²) in [4.78, 5) is 21.5. The Morgan fingerprint density at radius 2 is 2.00 bits per heavy atom. The van der Waals surface area contributed by atoms with Crippen LogP contribution in [0, 0.1) is 10.1 Å². The minimum Gasteiger partial charge on any atom is -0.293 e. The van der Waals surface area contributed by atoms with Gasteiger partial charge in [-0.1, -0.05) is 29.3 Å². The van der Waals surface area contributed by atoms with Crippen LogP contribution >= 0.6 is 15.9 Å². The first kappa shape index (κ1) is 12.8. The van der Waals surface area contributed by atoms with E-state index in [1.807, 2.05) is 6.92 Å². The molecule has 0 fully saturated rings. The highest BCUT2D eigenvalue weighted by Gasteiger charge is 2.16. The summed E-state index contributed by atoms with van der Waals surface area (Å²) in [6.45, 7) is 2.00. The lowest BCUT2D eigenvalue weighted by atomic mass is 10.1. The van der Waals surface area contributed by atoms with Crippen molar-refractivity contribution in [3.05, 3.63) is 39.9 Å². The number of alkyl halides is 1. The number of hydrogen-bond acceptors (Lipinski definition) is 3. The summed E-state index contributed by atoms with van der Waals surface area (Å²) in [6, 6.07) is 5.67. The highest BCUT2D eigenvalue weighted by atomic mass is 79.9. The topological polar surface area (TPSA) is 60.2 Å². The van der Waals surface area contributed by atoms with Gasteiger partial charge < -0.3 is 0 Å². The molecule has 4 nitrogen and oxygen atoms in total. The fourth-order valence-corrected chi connectivity index (χ4v) is 2.03. The molecule has 0 saturated carbocycles. The van der Waals surface area contributed by atoms with Gasteiger partial charge in [-0.15, -0.1) is 0 Å². The van der Waals surface area contributed by atoms with Gasteiger partial charge in [-0.3, -0.25) is 14.9 Å². The molecule has 0 radical (unpaired) electrons. The molecule has 0 aliphatic rings. The van der Waals surface area contributed by atoms with Crippen LogP contribution in [0.3, 0.4) is 0 Å². The molecule has 1 aromatic carbocycles. The minimum atomic E-state index is -0.480. The SMILES string of the molecule is CCCC(Br)C(=O)c1ccc([N+](=O)[O-])cc1. The largest absolute Gasteiger partial charge is 0.293 e. The smallest absolute Gasteiger partial charge is 0.269 e. The van der Waals surface area contributed by atoms with Gasteiger partial charge in [-0.2, -0.15) is 0 Å². The van der Waals surface area contributed by atoms with Crippen LogP contribution in [0.2, 0.25) is 0 Å². The fourth-order valence-electron chi connectivity index (χ4n) is 1.31. The number of non-ortho nitro benzene ring substituents is 1. The monoisotopic (exact) mass is 285 g/mol. The molecule has 0 spiro atoms. The van der Waals surface area contributed by atoms with E-state index in [1.165, 1.54) is 24.3 Å². The predicted molar refractivity (Wildman–Crippen MR) is 65.0 cm³/mol. The number of benzene rings is 1. The summed E-state index contributed by atoms with van der Waals surface area (Å²) in [6.07, 6.45) is 1.67. The zero-order chi connectivity index (χ0) is 12.1. The fraction of sp³-hybridized carbons (Fsp3) is 0.364. The average Bonchev–Trinajstić information content (AvgIpc) is 2.28. The Balaban J connectivity index is 2.81. The first-order chi connectivity index (χ1) is 7.56. The maximum atomic E-state index is 11.8. The first-order valence-electron chi connectivity index (χ1n) is 4.99. The summed E-state index contributed by atoms with van der Waals surface area (Å²) < 4.78 is 0. The van der Waals surface area contributed by atoms with E-state index in [0.29, 0.717) is 5.56 Å². The first-order valence-corrected chi connectivity index (χ1v) is 5.90. The van der Waals surface area contributed by atoms with Crippen molar-refractivity contribution in [3.8, 4) is 0 Å². The summed E-state index contributed by atoms with van der Waals surface area (Å²) in [5.41, 5.74) is 0.499. The number of nitro groups is 1. The zero-order valence-corrected chi connectivity index (χ0v) is 10.4. The summed E-state index contributed by atoms with van der Waals surface area (Å²) >= 11 is 3.30. The van der Waals surface area contributed by atoms with E-state index < -0.39 is 4.92 Å². The number of hydrogen-bond donors (Lipinski definition) is 0. The normalized spacial score (nSPS) is 12.1. The number of rotatable bonds is 5. The van der Waals surface area contributed by atoms with Gasteiger partial charge in [0, 0.05) is 17.7 Å². The minimum absolute atomic E-state index is 0.00170. The lowest BCUT2D eigenvalue weighted by Crippen LogP contribution is -2.13. The lowest BCUT2D eigenvalue weighted by Gasteiger charge is -2.06. The van der Waals surface area contributed by atoms with Crippen molar-refractivity contribution in [2.24, 2.45) is 0 Å². The number of nitro benzene ring substituents is 1. The van der Waals surface area contributed by atoms with Crippen molar-refractivity contribution in [2.75, 3.05) is 0 Å². The molecular formula is C11H12BrNO3. The van der Waals surface area contributed by atoms with E-state index in [1.54, 1.807) is 0 Å². The molecule has 1 aromatic rings. The molecule has 0 bridgehead atoms. The molecule has 86 valence electrons. The molecular weight excluding hydrogens is 274 g/mol. The Kier molecular flexibility index (Phi) is 4.61. The summed E-state index contributed by atoms with van der Waals surface area (Å²) in [5, 5.41) is 10.4. The Morgan fingerprint density at radius 3 is 2.44 bits per heavy atom. The molecule has 0 aliphatic carbocycles. The van der Waals surface area contributed by atoms with Crippen LogP contribution in [0.25, 0.3) is 0 Å². The molecule has 0 aromatic heterocycles. The van der Waals surface area contributed by atoms with Crippen molar-refractivity contribution in [1.29, 1.82) is 0 Å². The maximum Gasteiger partial charge on any atom is 0.269 e. The molecule has 0 amide bonds. The highest BCUT2D eigenvalue weighted by molar-refractivity contribution is 9.10. The lowest BCUT2D eigenvalue weighted by molar-refractivity contribution is -0.384. The van der Waals surface area contributed by atoms with E-state index in [-0.39, 0.29) is 16.3 Å². The second kappa shape index (κ2) is 5.75. The quantitative estimate of drug-likeness (QED) is 0.361. The second-order valence-electron chi connectivity index (χ2n) is 3.42. The van der Waals surface area contributed by atoms with Gasteiger partial charge in [-0.05, 0) is 18.6 Å². The number of ketones is 1. The Labute approximate surface area is 102 Å². The summed E-state index contributed by atoms with van der Waals surface area (Å²) in [5.74, 6) is -0.0308. The van der Waals surface area contributed by atoms with Crippen LogP contribution in [-0.4, -0.2) is 15.5 Å². The molecule has 0 aliphatic heterocycles. The molecule has 0 saturated heterocycles. The van der Waals surface area contributed by atoms with Gasteiger partial charge in [0.15, 0.2) is 5.78 Å². The van der Waals surface area contributed by atoms with Gasteiger partial charge in [0.05, 0.1) is 9.75 Å². The van der Waals surface area contributed by atoms with Crippen LogP contribution < -0.4 is 0 Å². The van der Waals surface area contributed by atoms with Crippen molar-refractivity contribution >= 4 is 27.4 Å². The molecule has 5 heteroatoms. The van der Waals surface area contributed by atoms with E-state index in [2.05, 4.69) is 15.9 Å². The Morgan fingerprint density at radius 1 is 1.44 bits per heavy atom. The number of nitrogens with zero attached hydrogens (tertiary/aromatic N) is 1. The third-order valence-electron chi connectivity index (χ3n) is 2.19. The third-order valence-corrected chi connectivity index (χ3v) is 3.06. The van der Waals surface area contributed by atoms with Crippen LogP contribution in [-0.2, 0) is 0 Å². The number of carbonyl (C=O) groups excluding carboxylic acids is 1. The molecule has 16 heavy (non-hydrogen) atoms. The Hall–Kier alpha value is -1.23. The van der Waals surface area contributed by atoms with Gasteiger partial charge >= 0.3 is 0 Å². The van der Waals surface area contributed by atoms with E-state index >= 15 is 0 Å². The zero-order valence-electron chi connectivity index (χ0n) is 8.85. The molecule has 1 unspecified atom stereocenters. The van der Waals surface area contributed by atoms with E-state index in [0.717, 1.165) is 12.8 Å². The van der Waals surface area contributed by atoms with Crippen molar-refractivity contribution in [1.82, 2.24) is 0 Å². The maximum absolute atomic E-state index is 11.8. The van der Waals surface area contributed by atoms with Gasteiger partial charge in [0.1, 0.15) is 0 Å². The highest BCUT2D eigenvalue weighted by Crippen LogP contribution is 2.18. The number of carbonyl (C=O) groups is 1. The van der Waals surface area contributed by atoms with E-state index in [9.17, 15) is 14.9 Å². The van der Waals surface area contributed by atoms with Crippen LogP contribution in [0.15, 0.2) is 24.3 Å². The van der Waals surface area contributed by atoms with Crippen LogP contribution in [0.5, 0.6) is 0 Å². The predicted octanol–water partition coefficient (Wildman–Crippen LogP) is 3.34. The van der Waals surface area contributed by atoms with Crippen LogP contribution in [0.1, 0.15) is 30.1 Å². The Bertz CT molecular complexity index is 389. The van der Waals surface area contributed by atoms with Crippen molar-refractivity contribution in [3.63, 3.8) is 0 Å². The second-order valence-corrected chi connectivity index (χ2v) is 4.53. The van der Waals surface area contributed by atoms with Gasteiger partial charge in [-0.25, -0.2) is 0 Å². The average molecular weight is 286 g/mol. The van der Waals surface area contributed by atoms with Crippen molar-refractivity contribution in [2.45, 2.75) is 24.6 Å². The third kappa shape index (κ3) is 3.13. The van der Waals surface area contributed by atoms with E-state index in [4.69, 9.17) is 0 Å². The number of halogens is 1. The molecule has 0 N–H and O–H groups in total. The number of Topliss-reactive ketones (excluding diaryl/α,β-unsaturated/α-hetero) is 1. The van der Waals surface area contributed by atoms with Crippen molar-refractivity contribution < 1.29 is 9.72 Å². The van der Waals surface area contributed by atoms with Gasteiger partial charge in [0.25, 0.3) is 5.69 Å². The standard InChI is InChI=1S/C11H12BrNO3/c1-2-3-10(12)11(14)8-4-6-9(7-5-8)13(15)16/h4-7,10H,2-3H2,1H3. The van der Waals surface area contributed by atoms with Crippen LogP contribution in [0.4, 0.5) is 5.69 Å².